The van der Waals surface area contributed by atoms with Crippen molar-refractivity contribution in [2.45, 2.75) is 26.0 Å². The Morgan fingerprint density at radius 2 is 2.12 bits per heavy atom. The van der Waals surface area contributed by atoms with Gasteiger partial charge in [0.25, 0.3) is 0 Å². The number of halogens is 1. The second-order valence-electron chi connectivity index (χ2n) is 6.96. The van der Waals surface area contributed by atoms with Gasteiger partial charge in [-0.3, -0.25) is 4.57 Å². The van der Waals surface area contributed by atoms with Gasteiger partial charge in [0.05, 0.1) is 24.6 Å². The number of nitrogens with zero attached hydrogens (tertiary/aromatic N) is 4. The Bertz CT molecular complexity index is 917. The van der Waals surface area contributed by atoms with Crippen LogP contribution in [0, 0.1) is 17.3 Å². The fourth-order valence-electron chi connectivity index (χ4n) is 4.06. The molecule has 1 saturated carbocycles. The van der Waals surface area contributed by atoms with Crippen molar-refractivity contribution in [3.8, 4) is 0 Å². The summed E-state index contributed by atoms with van der Waals surface area (Å²) in [5, 5.41) is 10.7. The van der Waals surface area contributed by atoms with Crippen LogP contribution in [0.2, 0.25) is 5.28 Å². The van der Waals surface area contributed by atoms with Crippen LogP contribution in [0.3, 0.4) is 0 Å². The van der Waals surface area contributed by atoms with Crippen molar-refractivity contribution in [3.05, 3.63) is 11.6 Å². The molecule has 142 valence electrons. The molecule has 2 heterocycles. The zero-order valence-electron chi connectivity index (χ0n) is 14.0. The van der Waals surface area contributed by atoms with E-state index in [0.29, 0.717) is 11.8 Å². The van der Waals surface area contributed by atoms with Gasteiger partial charge in [-0.15, -0.1) is 0 Å². The van der Waals surface area contributed by atoms with Gasteiger partial charge in [-0.1, -0.05) is 13.8 Å². The number of imidazole rings is 1. The second-order valence-corrected chi connectivity index (χ2v) is 8.95. The van der Waals surface area contributed by atoms with E-state index in [2.05, 4.69) is 15.0 Å². The van der Waals surface area contributed by atoms with Crippen LogP contribution in [0.15, 0.2) is 6.33 Å². The predicted molar refractivity (Wildman–Crippen MR) is 93.5 cm³/mol. The SMILES string of the molecule is C[C@@H]1[C@@H](n2cnc3c(N)nc(Cl)nc32)[C@H](O)[C@H](C=O)[C@@]1(C)CP(=O)(O)O. The Labute approximate surface area is 153 Å². The van der Waals surface area contributed by atoms with Gasteiger partial charge in [-0.05, 0) is 22.9 Å². The Balaban J connectivity index is 2.14. The number of fused-ring (bicyclic) bond motifs is 1. The highest BCUT2D eigenvalue weighted by Gasteiger charge is 2.58. The highest BCUT2D eigenvalue weighted by atomic mass is 35.5. The number of nitrogens with two attached hydrogens (primary N) is 1. The molecular formula is C14H19ClN5O5P. The third-order valence-electron chi connectivity index (χ3n) is 5.47. The minimum atomic E-state index is -4.42. The van der Waals surface area contributed by atoms with Crippen LogP contribution in [0.4, 0.5) is 5.82 Å². The molecule has 1 aliphatic rings. The van der Waals surface area contributed by atoms with E-state index in [-0.39, 0.29) is 16.7 Å². The minimum Gasteiger partial charge on any atom is -0.390 e. The minimum absolute atomic E-state index is 0.0730. The number of nitrogen functional groups attached to an aromatic ring is 1. The van der Waals surface area contributed by atoms with Crippen LogP contribution < -0.4 is 5.73 Å². The summed E-state index contributed by atoms with van der Waals surface area (Å²) in [5.41, 5.74) is 5.25. The molecule has 2 aromatic heterocycles. The Morgan fingerprint density at radius 3 is 2.69 bits per heavy atom. The Morgan fingerprint density at radius 1 is 1.46 bits per heavy atom. The van der Waals surface area contributed by atoms with Gasteiger partial charge < -0.3 is 30.0 Å². The quantitative estimate of drug-likeness (QED) is 0.325. The van der Waals surface area contributed by atoms with Gasteiger partial charge in [0.2, 0.25) is 5.28 Å². The van der Waals surface area contributed by atoms with Crippen molar-refractivity contribution in [1.82, 2.24) is 19.5 Å². The molecule has 2 aromatic rings. The maximum absolute atomic E-state index is 11.6. The van der Waals surface area contributed by atoms with Crippen molar-refractivity contribution in [1.29, 1.82) is 0 Å². The van der Waals surface area contributed by atoms with Crippen molar-refractivity contribution in [2.75, 3.05) is 11.9 Å². The number of hydrogen-bond donors (Lipinski definition) is 4. The topological polar surface area (TPSA) is 164 Å². The van der Waals surface area contributed by atoms with Crippen LogP contribution in [-0.2, 0) is 9.36 Å². The molecule has 1 aliphatic carbocycles. The average molecular weight is 404 g/mol. The summed E-state index contributed by atoms with van der Waals surface area (Å²) in [5.74, 6) is -1.38. The molecule has 26 heavy (non-hydrogen) atoms. The first-order chi connectivity index (χ1) is 12.0. The molecule has 0 unspecified atom stereocenters. The van der Waals surface area contributed by atoms with Crippen molar-refractivity contribution >= 4 is 42.5 Å². The first-order valence-corrected chi connectivity index (χ1v) is 10.0. The number of rotatable bonds is 4. The first-order valence-electron chi connectivity index (χ1n) is 7.83. The fraction of sp³-hybridized carbons (Fsp3) is 0.571. The molecule has 5 N–H and O–H groups in total. The van der Waals surface area contributed by atoms with Crippen LogP contribution in [0.1, 0.15) is 19.9 Å². The lowest BCUT2D eigenvalue weighted by Gasteiger charge is -2.33. The van der Waals surface area contributed by atoms with Gasteiger partial charge in [-0.2, -0.15) is 9.97 Å². The number of aliphatic hydroxyl groups excluding tert-OH is 1. The van der Waals surface area contributed by atoms with Gasteiger partial charge >= 0.3 is 7.60 Å². The largest absolute Gasteiger partial charge is 0.390 e. The van der Waals surface area contributed by atoms with Crippen LogP contribution >= 0.6 is 19.2 Å². The molecule has 0 radical (unpaired) electrons. The van der Waals surface area contributed by atoms with Crippen LogP contribution in [0.5, 0.6) is 0 Å². The summed E-state index contributed by atoms with van der Waals surface area (Å²) in [7, 11) is -4.42. The Kier molecular flexibility index (Phi) is 4.61. The molecule has 12 heteroatoms. The fourth-order valence-corrected chi connectivity index (χ4v) is 5.61. The average Bonchev–Trinajstić information content (AvgIpc) is 2.96. The summed E-state index contributed by atoms with van der Waals surface area (Å²) in [6.45, 7) is 3.32. The summed E-state index contributed by atoms with van der Waals surface area (Å²) in [6.07, 6.45) is 0.238. The molecule has 5 atom stereocenters. The molecule has 0 aromatic carbocycles. The van der Waals surface area contributed by atoms with Crippen LogP contribution in [0.25, 0.3) is 11.2 Å². The van der Waals surface area contributed by atoms with E-state index in [1.165, 1.54) is 10.9 Å². The number of aliphatic hydroxyl groups is 1. The maximum atomic E-state index is 11.6. The summed E-state index contributed by atoms with van der Waals surface area (Å²) < 4.78 is 13.2. The van der Waals surface area contributed by atoms with Gasteiger partial charge in [0.15, 0.2) is 11.5 Å². The van der Waals surface area contributed by atoms with Crippen molar-refractivity contribution in [2.24, 2.45) is 17.3 Å². The van der Waals surface area contributed by atoms with Crippen molar-refractivity contribution in [3.63, 3.8) is 0 Å². The van der Waals surface area contributed by atoms with E-state index in [4.69, 9.17) is 17.3 Å². The number of carbonyl (C=O) groups is 1. The third-order valence-corrected chi connectivity index (χ3v) is 6.73. The molecule has 0 bridgehead atoms. The molecule has 1 fully saturated rings. The van der Waals surface area contributed by atoms with E-state index in [0.717, 1.165) is 0 Å². The molecule has 0 aliphatic heterocycles. The van der Waals surface area contributed by atoms with E-state index in [1.54, 1.807) is 13.8 Å². The maximum Gasteiger partial charge on any atom is 0.326 e. The molecule has 3 rings (SSSR count). The molecule has 0 spiro atoms. The standard InChI is InChI=1S/C14H19ClN5O5P/c1-6-9(10(22)7(3-21)14(6,2)4-26(23,24)25)20-5-17-8-11(16)18-13(15)19-12(8)20/h3,5-7,9-10,22H,4H2,1-2H3,(H2,16,18,19)(H2,23,24,25)/t6-,7+,9-,10-,14+/m1/s1. The Hall–Kier alpha value is -1.58. The lowest BCUT2D eigenvalue weighted by molar-refractivity contribution is -0.116. The number of anilines is 1. The van der Waals surface area contributed by atoms with Gasteiger partial charge in [-0.25, -0.2) is 4.98 Å². The normalized spacial score (nSPS) is 32.2. The molecule has 0 saturated heterocycles. The van der Waals surface area contributed by atoms with E-state index < -0.39 is 43.2 Å². The zero-order chi connectivity index (χ0) is 19.4. The lowest BCUT2D eigenvalue weighted by Crippen LogP contribution is -2.35. The lowest BCUT2D eigenvalue weighted by atomic mass is 9.76. The smallest absolute Gasteiger partial charge is 0.326 e. The van der Waals surface area contributed by atoms with Crippen LogP contribution in [-0.4, -0.2) is 53.0 Å². The first kappa shape index (κ1) is 19.2. The predicted octanol–water partition coefficient (Wildman–Crippen LogP) is 0.613. The number of aldehydes is 1. The van der Waals surface area contributed by atoms with E-state index >= 15 is 0 Å². The van der Waals surface area contributed by atoms with E-state index in [1.807, 2.05) is 0 Å². The number of hydrogen-bond acceptors (Lipinski definition) is 7. The highest BCUT2D eigenvalue weighted by molar-refractivity contribution is 7.51. The summed E-state index contributed by atoms with van der Waals surface area (Å²) in [4.78, 5) is 42.6. The summed E-state index contributed by atoms with van der Waals surface area (Å²) in [6, 6.07) is -0.697. The highest BCUT2D eigenvalue weighted by Crippen LogP contribution is 2.58. The third kappa shape index (κ3) is 2.91. The second kappa shape index (κ2) is 6.24. The zero-order valence-corrected chi connectivity index (χ0v) is 15.7. The molecule has 0 amide bonds. The van der Waals surface area contributed by atoms with Crippen molar-refractivity contribution < 1.29 is 24.3 Å². The monoisotopic (exact) mass is 403 g/mol. The van der Waals surface area contributed by atoms with Gasteiger partial charge in [0, 0.05) is 5.92 Å². The summed E-state index contributed by atoms with van der Waals surface area (Å²) >= 11 is 5.87. The van der Waals surface area contributed by atoms with Gasteiger partial charge in [0.1, 0.15) is 11.8 Å². The number of carbonyl (C=O) groups excluding carboxylic acids is 1. The number of aromatic nitrogens is 4. The molecular weight excluding hydrogens is 385 g/mol. The van der Waals surface area contributed by atoms with E-state index in [9.17, 15) is 24.3 Å². The molecule has 10 nitrogen and oxygen atoms in total.